The van der Waals surface area contributed by atoms with Crippen molar-refractivity contribution in [1.29, 1.82) is 0 Å². The third-order valence-corrected chi connectivity index (χ3v) is 5.34. The number of hydrogen-bond acceptors (Lipinski definition) is 5. The second-order valence-corrected chi connectivity index (χ2v) is 6.68. The van der Waals surface area contributed by atoms with Crippen molar-refractivity contribution in [3.05, 3.63) is 17.7 Å². The van der Waals surface area contributed by atoms with E-state index in [4.69, 9.17) is 14.2 Å². The molecule has 0 bridgehead atoms. The minimum Gasteiger partial charge on any atom is -0.493 e. The van der Waals surface area contributed by atoms with Crippen LogP contribution >= 0.6 is 11.8 Å². The lowest BCUT2D eigenvalue weighted by molar-refractivity contribution is -0.128. The third-order valence-electron chi connectivity index (χ3n) is 4.09. The van der Waals surface area contributed by atoms with Crippen molar-refractivity contribution in [3.63, 3.8) is 0 Å². The summed E-state index contributed by atoms with van der Waals surface area (Å²) in [5, 5.41) is 0.0569. The number of nitrogens with zero attached hydrogens (tertiary/aromatic N) is 1. The fraction of sp³-hybridized carbons (Fsp3) is 0.533. The molecule has 1 aliphatic carbocycles. The first-order valence-corrected chi connectivity index (χ1v) is 8.19. The van der Waals surface area contributed by atoms with Gasteiger partial charge in [-0.1, -0.05) is 0 Å². The van der Waals surface area contributed by atoms with Gasteiger partial charge in [0.25, 0.3) is 0 Å². The molecule has 0 N–H and O–H groups in total. The molecule has 1 saturated carbocycles. The molecule has 0 aromatic heterocycles. The van der Waals surface area contributed by atoms with Gasteiger partial charge in [0.05, 0.1) is 12.9 Å². The SMILES string of the molecule is COc1cc(C2SCC(=O)N2CC2CC2)cc2c1OCO2. The number of ether oxygens (including phenoxy) is 3. The molecule has 1 aromatic rings. The smallest absolute Gasteiger partial charge is 0.233 e. The molecule has 1 aromatic carbocycles. The lowest BCUT2D eigenvalue weighted by atomic mass is 10.1. The van der Waals surface area contributed by atoms with Crippen molar-refractivity contribution in [1.82, 2.24) is 4.90 Å². The summed E-state index contributed by atoms with van der Waals surface area (Å²) in [5.74, 6) is 3.50. The molecule has 21 heavy (non-hydrogen) atoms. The molecule has 0 radical (unpaired) electrons. The zero-order valence-electron chi connectivity index (χ0n) is 11.8. The fourth-order valence-electron chi connectivity index (χ4n) is 2.80. The Kier molecular flexibility index (Phi) is 3.14. The van der Waals surface area contributed by atoms with Gasteiger partial charge < -0.3 is 19.1 Å². The number of carbonyl (C=O) groups excluding carboxylic acids is 1. The topological polar surface area (TPSA) is 48.0 Å². The largest absolute Gasteiger partial charge is 0.493 e. The molecule has 2 aliphatic heterocycles. The maximum Gasteiger partial charge on any atom is 0.233 e. The van der Waals surface area contributed by atoms with E-state index in [2.05, 4.69) is 0 Å². The summed E-state index contributed by atoms with van der Waals surface area (Å²) in [5.41, 5.74) is 1.05. The molecule has 5 nitrogen and oxygen atoms in total. The van der Waals surface area contributed by atoms with Gasteiger partial charge in [0.2, 0.25) is 18.4 Å². The van der Waals surface area contributed by atoms with Crippen LogP contribution in [0.4, 0.5) is 0 Å². The van der Waals surface area contributed by atoms with Crippen LogP contribution in [0.15, 0.2) is 12.1 Å². The predicted molar refractivity (Wildman–Crippen MR) is 78.8 cm³/mol. The highest BCUT2D eigenvalue weighted by atomic mass is 32.2. The third kappa shape index (κ3) is 2.31. The molecule has 1 saturated heterocycles. The van der Waals surface area contributed by atoms with E-state index in [0.29, 0.717) is 28.9 Å². The number of rotatable bonds is 4. The molecule has 112 valence electrons. The van der Waals surface area contributed by atoms with Crippen LogP contribution in [0.5, 0.6) is 17.2 Å². The second-order valence-electron chi connectivity index (χ2n) is 5.61. The number of hydrogen-bond donors (Lipinski definition) is 0. The Morgan fingerprint density at radius 1 is 1.38 bits per heavy atom. The molecule has 1 amide bonds. The van der Waals surface area contributed by atoms with Crippen LogP contribution in [0, 0.1) is 5.92 Å². The Balaban J connectivity index is 1.67. The molecular weight excluding hydrogens is 290 g/mol. The monoisotopic (exact) mass is 307 g/mol. The molecule has 1 unspecified atom stereocenters. The van der Waals surface area contributed by atoms with Gasteiger partial charge in [-0.25, -0.2) is 0 Å². The maximum absolute atomic E-state index is 12.1. The summed E-state index contributed by atoms with van der Waals surface area (Å²) in [6.07, 6.45) is 2.48. The van der Waals surface area contributed by atoms with E-state index in [1.54, 1.807) is 18.9 Å². The quantitative estimate of drug-likeness (QED) is 0.855. The van der Waals surface area contributed by atoms with E-state index in [9.17, 15) is 4.79 Å². The summed E-state index contributed by atoms with van der Waals surface area (Å²) >= 11 is 1.67. The van der Waals surface area contributed by atoms with Crippen LogP contribution < -0.4 is 14.2 Å². The zero-order chi connectivity index (χ0) is 14.4. The Labute approximate surface area is 127 Å². The zero-order valence-corrected chi connectivity index (χ0v) is 12.6. The van der Waals surface area contributed by atoms with Gasteiger partial charge >= 0.3 is 0 Å². The van der Waals surface area contributed by atoms with Crippen molar-refractivity contribution in [2.24, 2.45) is 5.92 Å². The number of carbonyl (C=O) groups is 1. The molecule has 1 atom stereocenters. The summed E-state index contributed by atoms with van der Waals surface area (Å²) in [4.78, 5) is 14.1. The van der Waals surface area contributed by atoms with Gasteiger partial charge in [-0.2, -0.15) is 0 Å². The Morgan fingerprint density at radius 3 is 3.00 bits per heavy atom. The van der Waals surface area contributed by atoms with Gasteiger partial charge in [-0.15, -0.1) is 11.8 Å². The molecule has 2 fully saturated rings. The van der Waals surface area contributed by atoms with E-state index in [1.807, 2.05) is 17.0 Å². The summed E-state index contributed by atoms with van der Waals surface area (Å²) in [6.45, 7) is 1.09. The van der Waals surface area contributed by atoms with Crippen LogP contribution in [0.25, 0.3) is 0 Å². The number of benzene rings is 1. The molecule has 4 rings (SSSR count). The average molecular weight is 307 g/mol. The van der Waals surface area contributed by atoms with Gasteiger partial charge in [0.15, 0.2) is 11.5 Å². The van der Waals surface area contributed by atoms with Crippen molar-refractivity contribution in [2.75, 3.05) is 26.2 Å². The number of amides is 1. The van der Waals surface area contributed by atoms with E-state index in [-0.39, 0.29) is 18.1 Å². The minimum atomic E-state index is 0.0569. The minimum absolute atomic E-state index is 0.0569. The molecule has 6 heteroatoms. The Morgan fingerprint density at radius 2 is 2.24 bits per heavy atom. The predicted octanol–water partition coefficient (Wildman–Crippen LogP) is 2.41. The van der Waals surface area contributed by atoms with Crippen LogP contribution in [0.3, 0.4) is 0 Å². The van der Waals surface area contributed by atoms with Crippen molar-refractivity contribution < 1.29 is 19.0 Å². The Bertz CT molecular complexity index is 587. The van der Waals surface area contributed by atoms with E-state index >= 15 is 0 Å². The summed E-state index contributed by atoms with van der Waals surface area (Å²) < 4.78 is 16.3. The van der Waals surface area contributed by atoms with Crippen molar-refractivity contribution in [2.45, 2.75) is 18.2 Å². The van der Waals surface area contributed by atoms with Crippen molar-refractivity contribution in [3.8, 4) is 17.2 Å². The number of methoxy groups -OCH3 is 1. The van der Waals surface area contributed by atoms with Crippen LogP contribution in [-0.4, -0.2) is 37.0 Å². The lowest BCUT2D eigenvalue weighted by Gasteiger charge is -2.24. The summed E-state index contributed by atoms with van der Waals surface area (Å²) in [7, 11) is 1.62. The Hall–Kier alpha value is -1.56. The second kappa shape index (κ2) is 5.02. The number of thioether (sulfide) groups is 1. The first kappa shape index (κ1) is 13.1. The van der Waals surface area contributed by atoms with E-state index in [0.717, 1.165) is 12.1 Å². The fourth-order valence-corrected chi connectivity index (χ4v) is 3.98. The standard InChI is InChI=1S/C15H17NO4S/c1-18-11-4-10(5-12-14(11)20-8-19-12)15-16(6-9-2-3-9)13(17)7-21-15/h4-5,9,15H,2-3,6-8H2,1H3. The van der Waals surface area contributed by atoms with E-state index < -0.39 is 0 Å². The maximum atomic E-state index is 12.1. The van der Waals surface area contributed by atoms with Crippen molar-refractivity contribution >= 4 is 17.7 Å². The highest BCUT2D eigenvalue weighted by Gasteiger charge is 2.37. The van der Waals surface area contributed by atoms with Crippen LogP contribution in [0.2, 0.25) is 0 Å². The van der Waals surface area contributed by atoms with Gasteiger partial charge in [-0.05, 0) is 36.5 Å². The van der Waals surface area contributed by atoms with Gasteiger partial charge in [-0.3, -0.25) is 4.79 Å². The van der Waals surface area contributed by atoms with Gasteiger partial charge in [0, 0.05) is 6.54 Å². The van der Waals surface area contributed by atoms with Crippen LogP contribution in [0.1, 0.15) is 23.8 Å². The first-order valence-electron chi connectivity index (χ1n) is 7.15. The molecule has 2 heterocycles. The first-order chi connectivity index (χ1) is 10.3. The van der Waals surface area contributed by atoms with Crippen LogP contribution in [-0.2, 0) is 4.79 Å². The molecular formula is C15H17NO4S. The van der Waals surface area contributed by atoms with E-state index in [1.165, 1.54) is 12.8 Å². The number of fused-ring (bicyclic) bond motifs is 1. The highest BCUT2D eigenvalue weighted by molar-refractivity contribution is 8.00. The van der Waals surface area contributed by atoms with Gasteiger partial charge in [0.1, 0.15) is 5.37 Å². The molecule has 3 aliphatic rings. The molecule has 0 spiro atoms. The average Bonchev–Trinajstić information content (AvgIpc) is 3.05. The highest BCUT2D eigenvalue weighted by Crippen LogP contribution is 2.48. The summed E-state index contributed by atoms with van der Waals surface area (Å²) in [6, 6.07) is 3.94. The normalized spacial score (nSPS) is 23.8. The lowest BCUT2D eigenvalue weighted by Crippen LogP contribution is -2.30.